The van der Waals surface area contributed by atoms with Crippen LogP contribution in [0, 0.1) is 5.92 Å². The number of fused-ring (bicyclic) bond motifs is 1. The zero-order valence-corrected chi connectivity index (χ0v) is 17.8. The van der Waals surface area contributed by atoms with Gasteiger partial charge >= 0.3 is 0 Å². The quantitative estimate of drug-likeness (QED) is 0.606. The highest BCUT2D eigenvalue weighted by atomic mass is 32.2. The molecule has 0 amide bonds. The van der Waals surface area contributed by atoms with E-state index >= 15 is 0 Å². The van der Waals surface area contributed by atoms with Crippen molar-refractivity contribution in [2.75, 3.05) is 6.54 Å². The van der Waals surface area contributed by atoms with E-state index < -0.39 is 0 Å². The molecule has 1 atom stereocenters. The Hall–Kier alpha value is -0.930. The standard InChI is InChI=1S/C20H29NS.C3H9N/c1-3-7-16(8-4-2)20-21-19(14-22-20)18-12-11-15-9-5-6-10-17(15)13-18;1-2-3-4/h11-14,16,20-21H,3-10H2,1-2H3;2-4H2,1H3. The lowest BCUT2D eigenvalue weighted by Crippen LogP contribution is -2.28. The Bertz CT molecular complexity index is 559. The number of nitrogens with one attached hydrogen (secondary N) is 1. The number of nitrogens with two attached hydrogens (primary N) is 1. The Labute approximate surface area is 165 Å². The molecule has 0 aromatic heterocycles. The third kappa shape index (κ3) is 6.06. The molecule has 0 saturated heterocycles. The van der Waals surface area contributed by atoms with Crippen LogP contribution in [0.3, 0.4) is 0 Å². The van der Waals surface area contributed by atoms with Crippen molar-refractivity contribution in [3.8, 4) is 0 Å². The predicted molar refractivity (Wildman–Crippen MR) is 118 cm³/mol. The monoisotopic (exact) mass is 374 g/mol. The first kappa shape index (κ1) is 21.4. The van der Waals surface area contributed by atoms with Gasteiger partial charge < -0.3 is 11.1 Å². The molecule has 146 valence electrons. The molecule has 1 aliphatic heterocycles. The lowest BCUT2D eigenvalue weighted by Gasteiger charge is -2.24. The van der Waals surface area contributed by atoms with Gasteiger partial charge in [0.15, 0.2) is 0 Å². The molecule has 3 heteroatoms. The van der Waals surface area contributed by atoms with Crippen LogP contribution in [-0.4, -0.2) is 11.9 Å². The Morgan fingerprint density at radius 2 is 1.69 bits per heavy atom. The largest absolute Gasteiger partial charge is 0.372 e. The summed E-state index contributed by atoms with van der Waals surface area (Å²) in [7, 11) is 0. The highest BCUT2D eigenvalue weighted by Gasteiger charge is 2.25. The minimum atomic E-state index is 0.575. The summed E-state index contributed by atoms with van der Waals surface area (Å²) in [5, 5.41) is 6.74. The third-order valence-corrected chi connectivity index (χ3v) is 6.49. The summed E-state index contributed by atoms with van der Waals surface area (Å²) >= 11 is 2.00. The van der Waals surface area contributed by atoms with E-state index in [1.165, 1.54) is 62.6 Å². The molecule has 3 N–H and O–H groups in total. The number of hydrogen-bond donors (Lipinski definition) is 2. The molecule has 0 radical (unpaired) electrons. The van der Waals surface area contributed by atoms with Crippen LogP contribution in [0.25, 0.3) is 5.70 Å². The van der Waals surface area contributed by atoms with E-state index in [1.807, 2.05) is 11.8 Å². The minimum absolute atomic E-state index is 0.575. The third-order valence-electron chi connectivity index (χ3n) is 5.33. The Balaban J connectivity index is 0.000000552. The summed E-state index contributed by atoms with van der Waals surface area (Å²) in [4.78, 5) is 0. The van der Waals surface area contributed by atoms with Crippen LogP contribution in [-0.2, 0) is 12.8 Å². The topological polar surface area (TPSA) is 38.0 Å². The van der Waals surface area contributed by atoms with Gasteiger partial charge in [0.05, 0.1) is 5.37 Å². The fraction of sp³-hybridized carbons (Fsp3) is 0.652. The zero-order chi connectivity index (χ0) is 18.8. The summed E-state index contributed by atoms with van der Waals surface area (Å²) in [6.45, 7) is 7.49. The fourth-order valence-electron chi connectivity index (χ4n) is 3.83. The molecular weight excluding hydrogens is 336 g/mol. The molecule has 0 saturated carbocycles. The van der Waals surface area contributed by atoms with Gasteiger partial charge in [-0.1, -0.05) is 45.7 Å². The van der Waals surface area contributed by atoms with Crippen molar-refractivity contribution in [3.05, 3.63) is 40.3 Å². The predicted octanol–water partition coefficient (Wildman–Crippen LogP) is 6.10. The lowest BCUT2D eigenvalue weighted by molar-refractivity contribution is 0.412. The van der Waals surface area contributed by atoms with Gasteiger partial charge in [0.1, 0.15) is 0 Å². The number of thioether (sulfide) groups is 1. The molecule has 3 rings (SSSR count). The van der Waals surface area contributed by atoms with Gasteiger partial charge in [0.2, 0.25) is 0 Å². The van der Waals surface area contributed by atoms with Gasteiger partial charge in [-0.25, -0.2) is 0 Å². The molecule has 1 unspecified atom stereocenters. The second-order valence-corrected chi connectivity index (χ2v) is 8.56. The van der Waals surface area contributed by atoms with Crippen LogP contribution in [0.1, 0.15) is 82.4 Å². The van der Waals surface area contributed by atoms with E-state index in [4.69, 9.17) is 5.73 Å². The fourth-order valence-corrected chi connectivity index (χ4v) is 5.01. The maximum absolute atomic E-state index is 5.03. The van der Waals surface area contributed by atoms with Crippen LogP contribution in [0.5, 0.6) is 0 Å². The maximum atomic E-state index is 5.03. The number of benzene rings is 1. The van der Waals surface area contributed by atoms with Crippen molar-refractivity contribution in [1.29, 1.82) is 0 Å². The van der Waals surface area contributed by atoms with Gasteiger partial charge in [-0.3, -0.25) is 0 Å². The average molecular weight is 375 g/mol. The number of aryl methyl sites for hydroxylation is 2. The van der Waals surface area contributed by atoms with Crippen LogP contribution in [0.4, 0.5) is 0 Å². The number of rotatable bonds is 7. The van der Waals surface area contributed by atoms with E-state index in [2.05, 4.69) is 49.7 Å². The van der Waals surface area contributed by atoms with Crippen LogP contribution in [0.2, 0.25) is 0 Å². The molecule has 1 aliphatic carbocycles. The van der Waals surface area contributed by atoms with Crippen molar-refractivity contribution in [2.45, 2.75) is 83.9 Å². The normalized spacial score (nSPS) is 18.7. The number of hydrogen-bond acceptors (Lipinski definition) is 3. The van der Waals surface area contributed by atoms with Gasteiger partial charge in [-0.2, -0.15) is 0 Å². The Morgan fingerprint density at radius 1 is 1.04 bits per heavy atom. The van der Waals surface area contributed by atoms with Crippen LogP contribution in [0.15, 0.2) is 23.6 Å². The van der Waals surface area contributed by atoms with E-state index in [1.54, 1.807) is 11.1 Å². The summed E-state index contributed by atoms with van der Waals surface area (Å²) in [6, 6.07) is 7.12. The van der Waals surface area contributed by atoms with Gasteiger partial charge in [-0.05, 0) is 85.6 Å². The van der Waals surface area contributed by atoms with Gasteiger partial charge in [-0.15, -0.1) is 11.8 Å². The van der Waals surface area contributed by atoms with E-state index in [-0.39, 0.29) is 0 Å². The second kappa shape index (κ2) is 11.7. The summed E-state index contributed by atoms with van der Waals surface area (Å²) in [5.74, 6) is 0.798. The molecule has 1 aromatic carbocycles. The van der Waals surface area contributed by atoms with Crippen molar-refractivity contribution in [3.63, 3.8) is 0 Å². The molecular formula is C23H38N2S. The first-order valence-electron chi connectivity index (χ1n) is 10.7. The van der Waals surface area contributed by atoms with Crippen molar-refractivity contribution in [1.82, 2.24) is 5.32 Å². The first-order valence-corrected chi connectivity index (χ1v) is 11.6. The zero-order valence-electron chi connectivity index (χ0n) is 17.0. The van der Waals surface area contributed by atoms with Gasteiger partial charge in [0, 0.05) is 5.70 Å². The summed E-state index contributed by atoms with van der Waals surface area (Å²) in [6.07, 6.45) is 11.6. The van der Waals surface area contributed by atoms with Crippen LogP contribution >= 0.6 is 11.8 Å². The first-order chi connectivity index (χ1) is 12.7. The average Bonchev–Trinajstić information content (AvgIpc) is 3.18. The molecule has 0 fully saturated rings. The smallest absolute Gasteiger partial charge is 0.0792 e. The Morgan fingerprint density at radius 3 is 2.31 bits per heavy atom. The highest BCUT2D eigenvalue weighted by Crippen LogP contribution is 2.36. The minimum Gasteiger partial charge on any atom is -0.372 e. The lowest BCUT2D eigenvalue weighted by atomic mass is 9.90. The molecule has 1 aromatic rings. The molecule has 1 heterocycles. The highest BCUT2D eigenvalue weighted by molar-refractivity contribution is 8.03. The van der Waals surface area contributed by atoms with Crippen molar-refractivity contribution in [2.24, 2.45) is 11.7 Å². The van der Waals surface area contributed by atoms with E-state index in [0.717, 1.165) is 18.9 Å². The second-order valence-electron chi connectivity index (χ2n) is 7.55. The molecule has 0 spiro atoms. The maximum Gasteiger partial charge on any atom is 0.0792 e. The molecule has 2 aliphatic rings. The molecule has 2 nitrogen and oxygen atoms in total. The summed E-state index contributed by atoms with van der Waals surface area (Å²) in [5.41, 5.74) is 10.9. The SMILES string of the molecule is CCCC(CCC)C1NC(c2ccc3c(c2)CCCC3)=CS1.CCCN. The van der Waals surface area contributed by atoms with Gasteiger partial charge in [0.25, 0.3) is 0 Å². The summed E-state index contributed by atoms with van der Waals surface area (Å²) < 4.78 is 0. The molecule has 0 bridgehead atoms. The van der Waals surface area contributed by atoms with E-state index in [9.17, 15) is 0 Å². The van der Waals surface area contributed by atoms with Crippen LogP contribution < -0.4 is 11.1 Å². The van der Waals surface area contributed by atoms with Crippen molar-refractivity contribution < 1.29 is 0 Å². The van der Waals surface area contributed by atoms with E-state index in [0.29, 0.717) is 5.37 Å². The molecule has 26 heavy (non-hydrogen) atoms. The van der Waals surface area contributed by atoms with Crippen molar-refractivity contribution >= 4 is 17.5 Å². The Kier molecular flexibility index (Phi) is 9.63.